The van der Waals surface area contributed by atoms with Crippen molar-refractivity contribution in [3.05, 3.63) is 40.4 Å². The largest absolute Gasteiger partial charge is 0.478 e. The molecule has 8 heteroatoms. The van der Waals surface area contributed by atoms with Gasteiger partial charge in [0.1, 0.15) is 0 Å². The van der Waals surface area contributed by atoms with Crippen molar-refractivity contribution in [2.24, 2.45) is 0 Å². The summed E-state index contributed by atoms with van der Waals surface area (Å²) in [5.74, 6) is -2.51. The van der Waals surface area contributed by atoms with Crippen molar-refractivity contribution >= 4 is 40.8 Å². The number of rotatable bonds is 3. The Labute approximate surface area is 162 Å². The van der Waals surface area contributed by atoms with Crippen LogP contribution in [0.1, 0.15) is 19.3 Å². The standard InChI is InChI=1S/C14H18Cl2N2.C4H4O4/c1-17-11-3-2-4-12(17)9-18(8-11)10-5-6-13(15)14(16)7-10;5-3(6)1-2-4(7)8/h5-7,11-12H,2-4,8-9H2,1H3;1-2H,(H,5,6)(H,7,8)/b;2-1+. The molecule has 2 heterocycles. The highest BCUT2D eigenvalue weighted by molar-refractivity contribution is 6.42. The molecular formula is C18H22Cl2N2O4. The second kappa shape index (κ2) is 9.26. The van der Waals surface area contributed by atoms with Gasteiger partial charge in [0, 0.05) is 43.0 Å². The van der Waals surface area contributed by atoms with Gasteiger partial charge in [0.15, 0.2) is 0 Å². The highest BCUT2D eigenvalue weighted by atomic mass is 35.5. The van der Waals surface area contributed by atoms with Gasteiger partial charge in [-0.3, -0.25) is 4.90 Å². The molecule has 0 spiro atoms. The van der Waals surface area contributed by atoms with E-state index in [1.807, 2.05) is 12.1 Å². The molecule has 0 aromatic heterocycles. The Balaban J connectivity index is 0.000000260. The van der Waals surface area contributed by atoms with E-state index in [9.17, 15) is 9.59 Å². The van der Waals surface area contributed by atoms with E-state index in [0.29, 0.717) is 34.3 Å². The van der Waals surface area contributed by atoms with Crippen molar-refractivity contribution in [1.82, 2.24) is 4.90 Å². The van der Waals surface area contributed by atoms with E-state index >= 15 is 0 Å². The number of fused-ring (bicyclic) bond motifs is 2. The lowest BCUT2D eigenvalue weighted by Gasteiger charge is -2.49. The maximum Gasteiger partial charge on any atom is 0.328 e. The van der Waals surface area contributed by atoms with E-state index in [-0.39, 0.29) is 0 Å². The molecule has 26 heavy (non-hydrogen) atoms. The molecule has 0 aliphatic carbocycles. The number of carboxylic acid groups (broad SMARTS) is 2. The summed E-state index contributed by atoms with van der Waals surface area (Å²) in [7, 11) is 2.26. The van der Waals surface area contributed by atoms with Gasteiger partial charge in [0.25, 0.3) is 0 Å². The van der Waals surface area contributed by atoms with Crippen LogP contribution in [0.25, 0.3) is 0 Å². The summed E-state index contributed by atoms with van der Waals surface area (Å²) < 4.78 is 0. The monoisotopic (exact) mass is 400 g/mol. The number of carboxylic acids is 2. The molecule has 2 aliphatic rings. The van der Waals surface area contributed by atoms with Crippen LogP contribution in [0.5, 0.6) is 0 Å². The van der Waals surface area contributed by atoms with Crippen LogP contribution in [-0.2, 0) is 9.59 Å². The second-order valence-corrected chi connectivity index (χ2v) is 7.23. The molecule has 2 atom stereocenters. The lowest BCUT2D eigenvalue weighted by Crippen LogP contribution is -2.59. The van der Waals surface area contributed by atoms with Crippen LogP contribution in [0.4, 0.5) is 5.69 Å². The number of likely N-dealkylation sites (N-methyl/N-ethyl adjacent to an activating group) is 1. The Morgan fingerprint density at radius 2 is 1.58 bits per heavy atom. The highest BCUT2D eigenvalue weighted by Gasteiger charge is 2.34. The number of nitrogens with zero attached hydrogens (tertiary/aromatic N) is 2. The van der Waals surface area contributed by atoms with Crippen molar-refractivity contribution in [3.8, 4) is 0 Å². The lowest BCUT2D eigenvalue weighted by atomic mass is 9.92. The normalized spacial score (nSPS) is 22.7. The van der Waals surface area contributed by atoms with E-state index in [0.717, 1.165) is 13.1 Å². The zero-order valence-electron chi connectivity index (χ0n) is 14.4. The summed E-state index contributed by atoms with van der Waals surface area (Å²) in [4.78, 5) is 24.1. The molecule has 2 fully saturated rings. The van der Waals surface area contributed by atoms with E-state index in [4.69, 9.17) is 33.4 Å². The summed E-state index contributed by atoms with van der Waals surface area (Å²) in [5, 5.41) is 16.9. The summed E-state index contributed by atoms with van der Waals surface area (Å²) >= 11 is 12.1. The molecule has 0 amide bonds. The topological polar surface area (TPSA) is 81.1 Å². The van der Waals surface area contributed by atoms with Gasteiger partial charge in [0.2, 0.25) is 0 Å². The Morgan fingerprint density at radius 3 is 2.04 bits per heavy atom. The van der Waals surface area contributed by atoms with E-state index < -0.39 is 11.9 Å². The molecule has 2 unspecified atom stereocenters. The fraction of sp³-hybridized carbons (Fsp3) is 0.444. The summed E-state index contributed by atoms with van der Waals surface area (Å²) in [5.41, 5.74) is 1.20. The predicted octanol–water partition coefficient (Wildman–Crippen LogP) is 3.38. The average molecular weight is 401 g/mol. The number of hydrogen-bond donors (Lipinski definition) is 2. The first-order chi connectivity index (χ1) is 12.3. The third-order valence-electron chi connectivity index (χ3n) is 4.73. The van der Waals surface area contributed by atoms with Crippen molar-refractivity contribution in [2.75, 3.05) is 25.0 Å². The van der Waals surface area contributed by atoms with Gasteiger partial charge in [0.05, 0.1) is 10.0 Å². The van der Waals surface area contributed by atoms with Gasteiger partial charge in [-0.25, -0.2) is 9.59 Å². The van der Waals surface area contributed by atoms with Crippen LogP contribution in [0.15, 0.2) is 30.4 Å². The predicted molar refractivity (Wildman–Crippen MR) is 102 cm³/mol. The van der Waals surface area contributed by atoms with Gasteiger partial charge >= 0.3 is 11.9 Å². The van der Waals surface area contributed by atoms with Crippen molar-refractivity contribution in [2.45, 2.75) is 31.3 Å². The third kappa shape index (κ3) is 5.62. The molecule has 1 aromatic rings. The number of anilines is 1. The molecule has 2 N–H and O–H groups in total. The van der Waals surface area contributed by atoms with Crippen LogP contribution < -0.4 is 4.90 Å². The minimum absolute atomic E-state index is 0.558. The van der Waals surface area contributed by atoms with Gasteiger partial charge in [-0.1, -0.05) is 29.6 Å². The van der Waals surface area contributed by atoms with Crippen molar-refractivity contribution < 1.29 is 19.8 Å². The SMILES string of the molecule is CN1C2CCCC1CN(c1ccc(Cl)c(Cl)c1)C2.O=C(O)/C=C/C(=O)O. The average Bonchev–Trinajstić information content (AvgIpc) is 2.56. The molecule has 3 rings (SSSR count). The molecule has 0 saturated carbocycles. The summed E-state index contributed by atoms with van der Waals surface area (Å²) in [6, 6.07) is 7.34. The maximum atomic E-state index is 9.55. The number of benzene rings is 1. The quantitative estimate of drug-likeness (QED) is 0.756. The number of halogens is 2. The molecule has 0 radical (unpaired) electrons. The Bertz CT molecular complexity index is 666. The van der Waals surface area contributed by atoms with E-state index in [1.165, 1.54) is 24.9 Å². The minimum Gasteiger partial charge on any atom is -0.478 e. The summed E-state index contributed by atoms with van der Waals surface area (Å²) in [6.07, 6.45) is 5.11. The first-order valence-electron chi connectivity index (χ1n) is 8.33. The number of piperidine rings is 1. The van der Waals surface area contributed by atoms with Crippen LogP contribution in [0.2, 0.25) is 10.0 Å². The molecule has 6 nitrogen and oxygen atoms in total. The Kier molecular flexibility index (Phi) is 7.32. The zero-order valence-corrected chi connectivity index (χ0v) is 16.0. The fourth-order valence-corrected chi connectivity index (χ4v) is 3.65. The molecule has 142 valence electrons. The first kappa shape index (κ1) is 20.6. The molecule has 2 aliphatic heterocycles. The maximum absolute atomic E-state index is 9.55. The number of hydrogen-bond acceptors (Lipinski definition) is 4. The van der Waals surface area contributed by atoms with Gasteiger partial charge in [-0.15, -0.1) is 0 Å². The van der Waals surface area contributed by atoms with Gasteiger partial charge < -0.3 is 15.1 Å². The molecule has 2 bridgehead atoms. The van der Waals surface area contributed by atoms with Gasteiger partial charge in [-0.2, -0.15) is 0 Å². The van der Waals surface area contributed by atoms with Crippen molar-refractivity contribution in [1.29, 1.82) is 0 Å². The van der Waals surface area contributed by atoms with E-state index in [2.05, 4.69) is 22.9 Å². The highest BCUT2D eigenvalue weighted by Crippen LogP contribution is 2.32. The van der Waals surface area contributed by atoms with Crippen LogP contribution in [-0.4, -0.2) is 59.3 Å². The fourth-order valence-electron chi connectivity index (χ4n) is 3.35. The summed E-state index contributed by atoms with van der Waals surface area (Å²) in [6.45, 7) is 2.20. The van der Waals surface area contributed by atoms with E-state index in [1.54, 1.807) is 0 Å². The number of carbonyl (C=O) groups is 2. The third-order valence-corrected chi connectivity index (χ3v) is 5.46. The Hall–Kier alpha value is -1.76. The Morgan fingerprint density at radius 1 is 1.04 bits per heavy atom. The number of piperazine rings is 1. The second-order valence-electron chi connectivity index (χ2n) is 6.42. The first-order valence-corrected chi connectivity index (χ1v) is 9.09. The van der Waals surface area contributed by atoms with Crippen LogP contribution >= 0.6 is 23.2 Å². The molecule has 2 saturated heterocycles. The minimum atomic E-state index is -1.26. The smallest absolute Gasteiger partial charge is 0.328 e. The van der Waals surface area contributed by atoms with Gasteiger partial charge in [-0.05, 0) is 38.1 Å². The van der Waals surface area contributed by atoms with Crippen LogP contribution in [0, 0.1) is 0 Å². The number of aliphatic carboxylic acids is 2. The van der Waals surface area contributed by atoms with Crippen LogP contribution in [0.3, 0.4) is 0 Å². The lowest BCUT2D eigenvalue weighted by molar-refractivity contribution is -0.134. The van der Waals surface area contributed by atoms with Crippen molar-refractivity contribution in [3.63, 3.8) is 0 Å². The molecular weight excluding hydrogens is 379 g/mol. The zero-order chi connectivity index (χ0) is 19.3. The molecule has 1 aromatic carbocycles.